The Morgan fingerprint density at radius 2 is 1.96 bits per heavy atom. The lowest BCUT2D eigenvalue weighted by molar-refractivity contribution is -0.141. The molecule has 1 heterocycles. The van der Waals surface area contributed by atoms with Crippen LogP contribution in [0.5, 0.6) is 0 Å². The second kappa shape index (κ2) is 9.30. The first-order valence-electron chi connectivity index (χ1n) is 7.89. The van der Waals surface area contributed by atoms with Crippen molar-refractivity contribution in [3.63, 3.8) is 0 Å². The number of carboxylic acids is 1. The van der Waals surface area contributed by atoms with Crippen LogP contribution in [0.3, 0.4) is 0 Å². The van der Waals surface area contributed by atoms with Crippen LogP contribution in [0.15, 0.2) is 4.52 Å². The van der Waals surface area contributed by atoms with Crippen molar-refractivity contribution in [2.75, 3.05) is 6.61 Å². The zero-order chi connectivity index (χ0) is 19.1. The third kappa shape index (κ3) is 5.66. The molecule has 1 rings (SSSR count). The van der Waals surface area contributed by atoms with Gasteiger partial charge in [0.2, 0.25) is 5.89 Å². The van der Waals surface area contributed by atoms with E-state index >= 15 is 0 Å². The normalized spacial score (nSPS) is 17.2. The van der Waals surface area contributed by atoms with E-state index < -0.39 is 36.2 Å². The molecule has 2 amide bonds. The largest absolute Gasteiger partial charge is 0.480 e. The van der Waals surface area contributed by atoms with Crippen molar-refractivity contribution in [1.29, 1.82) is 0 Å². The molecule has 0 spiro atoms. The van der Waals surface area contributed by atoms with Crippen LogP contribution in [0.1, 0.15) is 51.0 Å². The van der Waals surface area contributed by atoms with Crippen molar-refractivity contribution in [3.8, 4) is 0 Å². The molecule has 142 valence electrons. The Labute approximate surface area is 144 Å². The zero-order valence-corrected chi connectivity index (χ0v) is 14.3. The number of aromatic nitrogens is 2. The van der Waals surface area contributed by atoms with Crippen LogP contribution in [0, 0.1) is 5.92 Å². The fourth-order valence-electron chi connectivity index (χ4n) is 2.00. The van der Waals surface area contributed by atoms with E-state index in [4.69, 9.17) is 20.5 Å². The summed E-state index contributed by atoms with van der Waals surface area (Å²) in [4.78, 5) is 27.2. The standard InChI is InChI=1S/C14H25N5O6/c1-4-6(2)9(12-18-11(19-25-12)8(15)5-20)16-14(24)17-10(7(3)21)13(22)23/h6-10,20-21H,4-5,15H2,1-3H3,(H,22,23)(H2,16,17,24)/t6?,7-,8+,9+,10+/m1/s1. The Bertz CT molecular complexity index is 578. The van der Waals surface area contributed by atoms with Gasteiger partial charge >= 0.3 is 12.0 Å². The molecule has 7 N–H and O–H groups in total. The van der Waals surface area contributed by atoms with E-state index in [9.17, 15) is 14.7 Å². The minimum Gasteiger partial charge on any atom is -0.480 e. The van der Waals surface area contributed by atoms with E-state index in [1.165, 1.54) is 6.92 Å². The molecule has 0 aliphatic rings. The van der Waals surface area contributed by atoms with Gasteiger partial charge in [0.25, 0.3) is 0 Å². The summed E-state index contributed by atoms with van der Waals surface area (Å²) in [6.07, 6.45) is -0.615. The first kappa shape index (κ1) is 20.8. The van der Waals surface area contributed by atoms with Gasteiger partial charge in [-0.2, -0.15) is 4.98 Å². The summed E-state index contributed by atoms with van der Waals surface area (Å²) in [5, 5.41) is 35.9. The van der Waals surface area contributed by atoms with E-state index in [0.29, 0.717) is 6.42 Å². The van der Waals surface area contributed by atoms with Crippen LogP contribution in [0.2, 0.25) is 0 Å². The van der Waals surface area contributed by atoms with Crippen LogP contribution in [-0.2, 0) is 4.79 Å². The van der Waals surface area contributed by atoms with Crippen molar-refractivity contribution in [2.45, 2.75) is 51.4 Å². The Kier molecular flexibility index (Phi) is 7.74. The zero-order valence-electron chi connectivity index (χ0n) is 14.3. The van der Waals surface area contributed by atoms with E-state index in [2.05, 4.69) is 20.8 Å². The Hall–Kier alpha value is -2.24. The van der Waals surface area contributed by atoms with Gasteiger partial charge in [0.1, 0.15) is 6.04 Å². The third-order valence-electron chi connectivity index (χ3n) is 3.79. The van der Waals surface area contributed by atoms with Crippen molar-refractivity contribution in [3.05, 3.63) is 11.7 Å². The molecule has 5 atom stereocenters. The highest BCUT2D eigenvalue weighted by Crippen LogP contribution is 2.23. The number of rotatable bonds is 9. The maximum atomic E-state index is 12.1. The number of aliphatic hydroxyl groups excluding tert-OH is 2. The van der Waals surface area contributed by atoms with Crippen molar-refractivity contribution in [2.24, 2.45) is 11.7 Å². The smallest absolute Gasteiger partial charge is 0.328 e. The predicted molar refractivity (Wildman–Crippen MR) is 85.3 cm³/mol. The van der Waals surface area contributed by atoms with E-state index in [-0.39, 0.29) is 24.2 Å². The van der Waals surface area contributed by atoms with Crippen molar-refractivity contribution in [1.82, 2.24) is 20.8 Å². The quantitative estimate of drug-likeness (QED) is 0.331. The van der Waals surface area contributed by atoms with Gasteiger partial charge in [-0.05, 0) is 12.8 Å². The van der Waals surface area contributed by atoms with Gasteiger partial charge in [-0.15, -0.1) is 0 Å². The summed E-state index contributed by atoms with van der Waals surface area (Å²) >= 11 is 0. The fourth-order valence-corrected chi connectivity index (χ4v) is 2.00. The van der Waals surface area contributed by atoms with Crippen LogP contribution >= 0.6 is 0 Å². The van der Waals surface area contributed by atoms with Gasteiger partial charge in [0.15, 0.2) is 11.9 Å². The highest BCUT2D eigenvalue weighted by atomic mass is 16.5. The minimum absolute atomic E-state index is 0.0901. The molecule has 0 fully saturated rings. The highest BCUT2D eigenvalue weighted by Gasteiger charge is 2.30. The number of urea groups is 1. The number of aliphatic carboxylic acids is 1. The molecule has 1 unspecified atom stereocenters. The number of carboxylic acid groups (broad SMARTS) is 1. The number of nitrogens with zero attached hydrogens (tertiary/aromatic N) is 2. The molecule has 0 saturated carbocycles. The van der Waals surface area contributed by atoms with E-state index in [1.807, 2.05) is 13.8 Å². The number of nitrogens with one attached hydrogen (secondary N) is 2. The molecule has 0 aliphatic heterocycles. The summed E-state index contributed by atoms with van der Waals surface area (Å²) in [6, 6.07) is -3.76. The number of hydrogen-bond donors (Lipinski definition) is 6. The summed E-state index contributed by atoms with van der Waals surface area (Å²) in [5.74, 6) is -1.29. The van der Waals surface area contributed by atoms with Gasteiger partial charge in [-0.25, -0.2) is 9.59 Å². The number of carbonyl (C=O) groups is 2. The van der Waals surface area contributed by atoms with Gasteiger partial charge in [-0.3, -0.25) is 0 Å². The lowest BCUT2D eigenvalue weighted by Gasteiger charge is -2.23. The predicted octanol–water partition coefficient (Wildman–Crippen LogP) is -0.718. The summed E-state index contributed by atoms with van der Waals surface area (Å²) in [6.45, 7) is 4.62. The number of amides is 2. The van der Waals surface area contributed by atoms with Crippen molar-refractivity contribution < 1.29 is 29.4 Å². The fraction of sp³-hybridized carbons (Fsp3) is 0.714. The molecule has 0 aliphatic carbocycles. The molecule has 25 heavy (non-hydrogen) atoms. The molecule has 0 saturated heterocycles. The molecule has 11 heteroatoms. The molecule has 1 aromatic heterocycles. The van der Waals surface area contributed by atoms with Gasteiger partial charge in [0, 0.05) is 0 Å². The average molecular weight is 359 g/mol. The van der Waals surface area contributed by atoms with Gasteiger partial charge in [0.05, 0.1) is 18.8 Å². The van der Waals surface area contributed by atoms with E-state index in [1.54, 1.807) is 0 Å². The van der Waals surface area contributed by atoms with Gasteiger partial charge in [-0.1, -0.05) is 25.4 Å². The SMILES string of the molecule is CCC(C)[C@H](NC(=O)N[C@H](C(=O)O)[C@@H](C)O)c1nc([C@@H](N)CO)no1. The maximum Gasteiger partial charge on any atom is 0.328 e. The van der Waals surface area contributed by atoms with E-state index in [0.717, 1.165) is 0 Å². The monoisotopic (exact) mass is 359 g/mol. The summed E-state index contributed by atoms with van der Waals surface area (Å²) < 4.78 is 5.11. The first-order valence-corrected chi connectivity index (χ1v) is 7.89. The van der Waals surface area contributed by atoms with Gasteiger partial charge < -0.3 is 36.2 Å². The number of carbonyl (C=O) groups excluding carboxylic acids is 1. The first-order chi connectivity index (χ1) is 11.7. The maximum absolute atomic E-state index is 12.1. The lowest BCUT2D eigenvalue weighted by Crippen LogP contribution is -2.52. The number of hydrogen-bond acceptors (Lipinski definition) is 8. The molecule has 0 radical (unpaired) electrons. The lowest BCUT2D eigenvalue weighted by atomic mass is 9.99. The highest BCUT2D eigenvalue weighted by molar-refractivity contribution is 5.83. The van der Waals surface area contributed by atoms with Crippen LogP contribution in [0.25, 0.3) is 0 Å². The summed E-state index contributed by atoms with van der Waals surface area (Å²) in [5.41, 5.74) is 5.62. The Morgan fingerprint density at radius 3 is 2.44 bits per heavy atom. The second-order valence-electron chi connectivity index (χ2n) is 5.82. The van der Waals surface area contributed by atoms with Crippen LogP contribution in [-0.4, -0.2) is 56.2 Å². The van der Waals surface area contributed by atoms with Crippen LogP contribution in [0.4, 0.5) is 4.79 Å². The number of nitrogens with two attached hydrogens (primary N) is 1. The molecular formula is C14H25N5O6. The Morgan fingerprint density at radius 1 is 1.32 bits per heavy atom. The third-order valence-corrected chi connectivity index (χ3v) is 3.79. The number of aliphatic hydroxyl groups is 2. The molecule has 1 aromatic rings. The minimum atomic E-state index is -1.46. The Balaban J connectivity index is 2.91. The van der Waals surface area contributed by atoms with Crippen molar-refractivity contribution >= 4 is 12.0 Å². The topological polar surface area (TPSA) is 184 Å². The van der Waals surface area contributed by atoms with Crippen LogP contribution < -0.4 is 16.4 Å². The molecular weight excluding hydrogens is 334 g/mol. The summed E-state index contributed by atoms with van der Waals surface area (Å²) in [7, 11) is 0. The molecule has 0 bridgehead atoms. The average Bonchev–Trinajstić information content (AvgIpc) is 3.05. The molecule has 0 aromatic carbocycles. The second-order valence-corrected chi connectivity index (χ2v) is 5.82. The molecule has 11 nitrogen and oxygen atoms in total.